The highest BCUT2D eigenvalue weighted by atomic mass is 79.9. The molecular formula is C14H19BrF2N2O. The van der Waals surface area contributed by atoms with Crippen molar-refractivity contribution in [1.82, 2.24) is 5.32 Å². The Morgan fingerprint density at radius 2 is 1.80 bits per heavy atom. The second kappa shape index (κ2) is 7.57. The van der Waals surface area contributed by atoms with Gasteiger partial charge in [-0.05, 0) is 31.4 Å². The van der Waals surface area contributed by atoms with Gasteiger partial charge in [0.05, 0.1) is 0 Å². The van der Waals surface area contributed by atoms with Gasteiger partial charge in [-0.1, -0.05) is 29.8 Å². The molecule has 0 saturated carbocycles. The summed E-state index contributed by atoms with van der Waals surface area (Å²) in [5, 5.41) is 5.29. The van der Waals surface area contributed by atoms with E-state index in [0.717, 1.165) is 18.6 Å². The van der Waals surface area contributed by atoms with Crippen LogP contribution >= 0.6 is 15.9 Å². The minimum Gasteiger partial charge on any atom is -0.369 e. The normalized spacial score (nSPS) is 12.3. The molecule has 1 amide bonds. The number of amides is 1. The summed E-state index contributed by atoms with van der Waals surface area (Å²) in [6.45, 7) is 6.22. The van der Waals surface area contributed by atoms with Crippen molar-refractivity contribution in [2.45, 2.75) is 33.2 Å². The molecule has 0 radical (unpaired) electrons. The Hall–Kier alpha value is -1.17. The smallest absolute Gasteiger partial charge is 0.242 e. The molecule has 2 N–H and O–H groups in total. The molecule has 1 atom stereocenters. The van der Waals surface area contributed by atoms with Gasteiger partial charge >= 0.3 is 0 Å². The van der Waals surface area contributed by atoms with Crippen LogP contribution in [-0.2, 0) is 4.79 Å². The van der Waals surface area contributed by atoms with Crippen molar-refractivity contribution >= 4 is 27.5 Å². The average Bonchev–Trinajstić information content (AvgIpc) is 2.32. The molecule has 0 heterocycles. The Morgan fingerprint density at radius 1 is 1.25 bits per heavy atom. The summed E-state index contributed by atoms with van der Waals surface area (Å²) in [5.74, 6) is -1.27. The summed E-state index contributed by atoms with van der Waals surface area (Å²) in [6.07, 6.45) is 0.861. The second-order valence-corrected chi connectivity index (χ2v) is 6.00. The van der Waals surface area contributed by atoms with E-state index in [2.05, 4.69) is 40.4 Å². The van der Waals surface area contributed by atoms with Gasteiger partial charge in [-0.3, -0.25) is 4.79 Å². The molecule has 20 heavy (non-hydrogen) atoms. The Balaban J connectivity index is 2.62. The number of benzene rings is 1. The molecule has 0 fully saturated rings. The van der Waals surface area contributed by atoms with Crippen LogP contribution in [0.3, 0.4) is 0 Å². The van der Waals surface area contributed by atoms with Crippen molar-refractivity contribution < 1.29 is 13.6 Å². The summed E-state index contributed by atoms with van der Waals surface area (Å²) in [6, 6.07) is 1.58. The Bertz CT molecular complexity index is 457. The standard InChI is InChI=1S/C14H19BrF2N2O/c1-8(2)4-5-18-14(20)9(3)19-13-11(16)6-10(15)7-12(13)17/h6-9,19H,4-5H2,1-3H3,(H,18,20). The van der Waals surface area contributed by atoms with Crippen LogP contribution in [0.4, 0.5) is 14.5 Å². The topological polar surface area (TPSA) is 41.1 Å². The number of rotatable bonds is 6. The van der Waals surface area contributed by atoms with Crippen molar-refractivity contribution in [2.24, 2.45) is 5.92 Å². The molecule has 112 valence electrons. The zero-order valence-electron chi connectivity index (χ0n) is 11.8. The second-order valence-electron chi connectivity index (χ2n) is 5.08. The van der Waals surface area contributed by atoms with Crippen LogP contribution in [0.1, 0.15) is 27.2 Å². The first-order chi connectivity index (χ1) is 9.31. The highest BCUT2D eigenvalue weighted by molar-refractivity contribution is 9.10. The van der Waals surface area contributed by atoms with Gasteiger partial charge in [0, 0.05) is 11.0 Å². The molecular weight excluding hydrogens is 330 g/mol. The van der Waals surface area contributed by atoms with Gasteiger partial charge in [-0.2, -0.15) is 0 Å². The number of anilines is 1. The number of carbonyl (C=O) groups excluding carboxylic acids is 1. The van der Waals surface area contributed by atoms with Crippen molar-refractivity contribution in [3.8, 4) is 0 Å². The summed E-state index contributed by atoms with van der Waals surface area (Å²) < 4.78 is 27.6. The van der Waals surface area contributed by atoms with E-state index in [-0.39, 0.29) is 11.6 Å². The van der Waals surface area contributed by atoms with Crippen LogP contribution in [0.15, 0.2) is 16.6 Å². The highest BCUT2D eigenvalue weighted by Gasteiger charge is 2.17. The zero-order chi connectivity index (χ0) is 15.3. The lowest BCUT2D eigenvalue weighted by Gasteiger charge is -2.17. The lowest BCUT2D eigenvalue weighted by molar-refractivity contribution is -0.121. The number of halogens is 3. The molecule has 1 rings (SSSR count). The fraction of sp³-hybridized carbons (Fsp3) is 0.500. The van der Waals surface area contributed by atoms with Crippen LogP contribution in [0.25, 0.3) is 0 Å². The first-order valence-corrected chi connectivity index (χ1v) is 7.29. The third-order valence-corrected chi connectivity index (χ3v) is 3.24. The molecule has 0 aliphatic heterocycles. The summed E-state index contributed by atoms with van der Waals surface area (Å²) >= 11 is 3.00. The number of carbonyl (C=O) groups is 1. The van der Waals surface area contributed by atoms with Gasteiger partial charge in [0.2, 0.25) is 5.91 Å². The summed E-state index contributed by atoms with van der Waals surface area (Å²) in [5.41, 5.74) is -0.292. The minimum atomic E-state index is -0.737. The molecule has 0 spiro atoms. The predicted molar refractivity (Wildman–Crippen MR) is 79.6 cm³/mol. The van der Waals surface area contributed by atoms with Gasteiger partial charge in [0.1, 0.15) is 23.4 Å². The van der Waals surface area contributed by atoms with Crippen LogP contribution in [0.5, 0.6) is 0 Å². The molecule has 0 bridgehead atoms. The Morgan fingerprint density at radius 3 is 2.30 bits per heavy atom. The Kier molecular flexibility index (Phi) is 6.39. The maximum atomic E-state index is 13.6. The third-order valence-electron chi connectivity index (χ3n) is 2.78. The van der Waals surface area contributed by atoms with E-state index in [1.807, 2.05) is 0 Å². The number of hydrogen-bond acceptors (Lipinski definition) is 2. The van der Waals surface area contributed by atoms with Crippen molar-refractivity contribution in [1.29, 1.82) is 0 Å². The van der Waals surface area contributed by atoms with Crippen molar-refractivity contribution in [3.63, 3.8) is 0 Å². The maximum absolute atomic E-state index is 13.6. The number of hydrogen-bond donors (Lipinski definition) is 2. The van der Waals surface area contributed by atoms with Gasteiger partial charge in [-0.15, -0.1) is 0 Å². The monoisotopic (exact) mass is 348 g/mol. The summed E-state index contributed by atoms with van der Waals surface area (Å²) in [7, 11) is 0. The first-order valence-electron chi connectivity index (χ1n) is 6.50. The van der Waals surface area contributed by atoms with E-state index in [1.54, 1.807) is 6.92 Å². The summed E-state index contributed by atoms with van der Waals surface area (Å²) in [4.78, 5) is 11.8. The molecule has 1 unspecified atom stereocenters. The molecule has 0 aliphatic carbocycles. The van der Waals surface area contributed by atoms with Gasteiger partial charge in [0.25, 0.3) is 0 Å². The van der Waals surface area contributed by atoms with Crippen molar-refractivity contribution in [3.05, 3.63) is 28.2 Å². The van der Waals surface area contributed by atoms with Gasteiger partial charge in [0.15, 0.2) is 0 Å². The van der Waals surface area contributed by atoms with E-state index >= 15 is 0 Å². The number of nitrogens with one attached hydrogen (secondary N) is 2. The molecule has 1 aromatic rings. The molecule has 1 aromatic carbocycles. The third kappa shape index (κ3) is 5.07. The highest BCUT2D eigenvalue weighted by Crippen LogP contribution is 2.24. The van der Waals surface area contributed by atoms with Crippen LogP contribution in [-0.4, -0.2) is 18.5 Å². The quantitative estimate of drug-likeness (QED) is 0.823. The zero-order valence-corrected chi connectivity index (χ0v) is 13.4. The van der Waals surface area contributed by atoms with Crippen molar-refractivity contribution in [2.75, 3.05) is 11.9 Å². The van der Waals surface area contributed by atoms with E-state index in [1.165, 1.54) is 0 Å². The molecule has 0 aromatic heterocycles. The van der Waals surface area contributed by atoms with E-state index < -0.39 is 17.7 Å². The molecule has 0 aliphatic rings. The Labute approximate surface area is 126 Å². The first kappa shape index (κ1) is 16.9. The fourth-order valence-corrected chi connectivity index (χ4v) is 2.00. The van der Waals surface area contributed by atoms with Gasteiger partial charge in [-0.25, -0.2) is 8.78 Å². The van der Waals surface area contributed by atoms with E-state index in [4.69, 9.17) is 0 Å². The van der Waals surface area contributed by atoms with E-state index in [9.17, 15) is 13.6 Å². The van der Waals surface area contributed by atoms with Crippen LogP contribution < -0.4 is 10.6 Å². The average molecular weight is 349 g/mol. The fourth-order valence-electron chi connectivity index (χ4n) is 1.60. The lowest BCUT2D eigenvalue weighted by Crippen LogP contribution is -2.38. The maximum Gasteiger partial charge on any atom is 0.242 e. The molecule has 3 nitrogen and oxygen atoms in total. The lowest BCUT2D eigenvalue weighted by atomic mass is 10.1. The molecule has 6 heteroatoms. The van der Waals surface area contributed by atoms with E-state index in [0.29, 0.717) is 16.9 Å². The van der Waals surface area contributed by atoms with Gasteiger partial charge < -0.3 is 10.6 Å². The molecule has 0 saturated heterocycles. The van der Waals surface area contributed by atoms with Crippen LogP contribution in [0, 0.1) is 17.6 Å². The predicted octanol–water partition coefficient (Wildman–Crippen LogP) is 3.69. The minimum absolute atomic E-state index is 0.285. The largest absolute Gasteiger partial charge is 0.369 e. The van der Waals surface area contributed by atoms with Crippen LogP contribution in [0.2, 0.25) is 0 Å². The SMILES string of the molecule is CC(C)CCNC(=O)C(C)Nc1c(F)cc(Br)cc1F.